The zero-order valence-corrected chi connectivity index (χ0v) is 16.6. The second-order valence-corrected chi connectivity index (χ2v) is 6.92. The minimum absolute atomic E-state index is 0.144. The highest BCUT2D eigenvalue weighted by Crippen LogP contribution is 2.25. The Morgan fingerprint density at radius 3 is 2.55 bits per heavy atom. The van der Waals surface area contributed by atoms with Crippen LogP contribution < -0.4 is 10.1 Å². The van der Waals surface area contributed by atoms with Crippen LogP contribution in [0.3, 0.4) is 0 Å². The van der Waals surface area contributed by atoms with Crippen LogP contribution in [-0.4, -0.2) is 22.1 Å². The summed E-state index contributed by atoms with van der Waals surface area (Å²) in [5.74, 6) is -0.341. The van der Waals surface area contributed by atoms with E-state index in [4.69, 9.17) is 26.0 Å². The standard InChI is InChI=1S/C21H19ClN2O5/c1-12-9-17(24-29-12)11-28-19-8-7-16(22)10-18(19)20(25)23-13(2)14-3-5-15(6-4-14)21(26)27/h3-10,13H,11H2,1-2H3,(H,23,25)(H,26,27)/t13-/m0/s1. The number of rotatable bonds is 7. The SMILES string of the molecule is Cc1cc(COc2ccc(Cl)cc2C(=O)N[C@@H](C)c2ccc(C(=O)O)cc2)no1. The fourth-order valence-corrected chi connectivity index (χ4v) is 2.89. The third-order valence-electron chi connectivity index (χ3n) is 4.24. The Bertz CT molecular complexity index is 1030. The van der Waals surface area contributed by atoms with E-state index in [1.54, 1.807) is 44.2 Å². The molecule has 3 rings (SSSR count). The molecule has 8 heteroatoms. The van der Waals surface area contributed by atoms with Gasteiger partial charge in [0.05, 0.1) is 17.2 Å². The van der Waals surface area contributed by atoms with Crippen LogP contribution in [-0.2, 0) is 6.61 Å². The predicted octanol–water partition coefficient (Wildman–Crippen LogP) is 4.40. The Balaban J connectivity index is 1.73. The van der Waals surface area contributed by atoms with Gasteiger partial charge in [-0.1, -0.05) is 28.9 Å². The Hall–Kier alpha value is -3.32. The molecule has 7 nitrogen and oxygen atoms in total. The lowest BCUT2D eigenvalue weighted by molar-refractivity contribution is 0.0696. The molecule has 0 aliphatic rings. The minimum Gasteiger partial charge on any atom is -0.486 e. The second-order valence-electron chi connectivity index (χ2n) is 6.48. The van der Waals surface area contributed by atoms with Gasteiger partial charge in [-0.25, -0.2) is 4.79 Å². The average molecular weight is 415 g/mol. The van der Waals surface area contributed by atoms with E-state index in [-0.39, 0.29) is 29.7 Å². The Morgan fingerprint density at radius 2 is 1.93 bits per heavy atom. The van der Waals surface area contributed by atoms with Crippen molar-refractivity contribution < 1.29 is 24.0 Å². The molecule has 3 aromatic rings. The number of carbonyl (C=O) groups is 2. The highest BCUT2D eigenvalue weighted by atomic mass is 35.5. The molecular weight excluding hydrogens is 396 g/mol. The molecular formula is C21H19ClN2O5. The van der Waals surface area contributed by atoms with Crippen LogP contribution in [0, 0.1) is 6.92 Å². The first kappa shape index (κ1) is 20.4. The van der Waals surface area contributed by atoms with Gasteiger partial charge in [0, 0.05) is 11.1 Å². The van der Waals surface area contributed by atoms with Crippen LogP contribution >= 0.6 is 11.6 Å². The molecule has 2 aromatic carbocycles. The highest BCUT2D eigenvalue weighted by molar-refractivity contribution is 6.31. The van der Waals surface area contributed by atoms with Crippen molar-refractivity contribution in [1.29, 1.82) is 0 Å². The van der Waals surface area contributed by atoms with E-state index in [0.29, 0.717) is 22.2 Å². The number of nitrogens with zero attached hydrogens (tertiary/aromatic N) is 1. The number of benzene rings is 2. The number of hydrogen-bond donors (Lipinski definition) is 2. The monoisotopic (exact) mass is 414 g/mol. The normalized spacial score (nSPS) is 11.7. The van der Waals surface area contributed by atoms with Gasteiger partial charge in [-0.05, 0) is 49.7 Å². The minimum atomic E-state index is -1.00. The molecule has 0 fully saturated rings. The van der Waals surface area contributed by atoms with Gasteiger partial charge in [-0.2, -0.15) is 0 Å². The van der Waals surface area contributed by atoms with E-state index in [0.717, 1.165) is 5.56 Å². The summed E-state index contributed by atoms with van der Waals surface area (Å²) in [4.78, 5) is 23.8. The van der Waals surface area contributed by atoms with Crippen molar-refractivity contribution in [2.24, 2.45) is 0 Å². The van der Waals surface area contributed by atoms with Gasteiger partial charge in [-0.15, -0.1) is 0 Å². The number of aryl methyl sites for hydroxylation is 1. The van der Waals surface area contributed by atoms with Crippen molar-refractivity contribution in [3.05, 3.63) is 81.7 Å². The highest BCUT2D eigenvalue weighted by Gasteiger charge is 2.17. The number of halogens is 1. The zero-order chi connectivity index (χ0) is 21.0. The van der Waals surface area contributed by atoms with E-state index in [2.05, 4.69) is 10.5 Å². The topological polar surface area (TPSA) is 102 Å². The fraction of sp³-hybridized carbons (Fsp3) is 0.190. The molecule has 2 N–H and O–H groups in total. The van der Waals surface area contributed by atoms with E-state index >= 15 is 0 Å². The molecule has 0 radical (unpaired) electrons. The van der Waals surface area contributed by atoms with Gasteiger partial charge in [0.1, 0.15) is 23.8 Å². The average Bonchev–Trinajstić information content (AvgIpc) is 3.12. The Labute approximate surface area is 172 Å². The summed E-state index contributed by atoms with van der Waals surface area (Å²) in [6.07, 6.45) is 0. The number of nitrogens with one attached hydrogen (secondary N) is 1. The fourth-order valence-electron chi connectivity index (χ4n) is 2.72. The summed E-state index contributed by atoms with van der Waals surface area (Å²) in [7, 11) is 0. The van der Waals surface area contributed by atoms with Gasteiger partial charge in [0.25, 0.3) is 5.91 Å². The predicted molar refractivity (Wildman–Crippen MR) is 106 cm³/mol. The maximum atomic E-state index is 12.8. The number of carbonyl (C=O) groups excluding carboxylic acids is 1. The lowest BCUT2D eigenvalue weighted by Crippen LogP contribution is -2.27. The number of ether oxygens (including phenoxy) is 1. The molecule has 0 saturated carbocycles. The smallest absolute Gasteiger partial charge is 0.335 e. The number of carboxylic acid groups (broad SMARTS) is 1. The maximum absolute atomic E-state index is 12.8. The molecule has 0 spiro atoms. The Morgan fingerprint density at radius 1 is 1.21 bits per heavy atom. The number of amides is 1. The number of aromatic carboxylic acids is 1. The summed E-state index contributed by atoms with van der Waals surface area (Å²) in [5, 5.41) is 16.1. The van der Waals surface area contributed by atoms with E-state index < -0.39 is 5.97 Å². The molecule has 150 valence electrons. The number of carboxylic acids is 1. The first-order valence-corrected chi connectivity index (χ1v) is 9.20. The third-order valence-corrected chi connectivity index (χ3v) is 4.48. The lowest BCUT2D eigenvalue weighted by atomic mass is 10.1. The molecule has 1 aromatic heterocycles. The van der Waals surface area contributed by atoms with Crippen molar-refractivity contribution >= 4 is 23.5 Å². The first-order chi connectivity index (χ1) is 13.8. The van der Waals surface area contributed by atoms with Gasteiger partial charge in [0.2, 0.25) is 0 Å². The molecule has 0 unspecified atom stereocenters. The number of hydrogen-bond acceptors (Lipinski definition) is 5. The maximum Gasteiger partial charge on any atom is 0.335 e. The summed E-state index contributed by atoms with van der Waals surface area (Å²) in [6.45, 7) is 3.73. The molecule has 0 aliphatic heterocycles. The molecule has 1 amide bonds. The van der Waals surface area contributed by atoms with Gasteiger partial charge in [0.15, 0.2) is 0 Å². The lowest BCUT2D eigenvalue weighted by Gasteiger charge is -2.16. The van der Waals surface area contributed by atoms with Crippen molar-refractivity contribution in [3.8, 4) is 5.75 Å². The molecule has 0 bridgehead atoms. The van der Waals surface area contributed by atoms with E-state index in [9.17, 15) is 9.59 Å². The molecule has 0 saturated heterocycles. The van der Waals surface area contributed by atoms with Crippen molar-refractivity contribution in [1.82, 2.24) is 10.5 Å². The van der Waals surface area contributed by atoms with E-state index in [1.165, 1.54) is 18.2 Å². The van der Waals surface area contributed by atoms with Crippen LogP contribution in [0.5, 0.6) is 5.75 Å². The molecule has 1 heterocycles. The van der Waals surface area contributed by atoms with Gasteiger partial charge < -0.3 is 19.7 Å². The molecule has 1 atom stereocenters. The number of aromatic nitrogens is 1. The zero-order valence-electron chi connectivity index (χ0n) is 15.8. The van der Waals surface area contributed by atoms with Crippen LogP contribution in [0.25, 0.3) is 0 Å². The largest absolute Gasteiger partial charge is 0.486 e. The van der Waals surface area contributed by atoms with Gasteiger partial charge in [-0.3, -0.25) is 4.79 Å². The quantitative estimate of drug-likeness (QED) is 0.594. The summed E-state index contributed by atoms with van der Waals surface area (Å²) >= 11 is 6.06. The first-order valence-electron chi connectivity index (χ1n) is 8.82. The van der Waals surface area contributed by atoms with Crippen LogP contribution in [0.15, 0.2) is 53.1 Å². The van der Waals surface area contributed by atoms with Crippen molar-refractivity contribution in [2.75, 3.05) is 0 Å². The Kier molecular flexibility index (Phi) is 6.19. The van der Waals surface area contributed by atoms with Crippen LogP contribution in [0.2, 0.25) is 5.02 Å². The van der Waals surface area contributed by atoms with Gasteiger partial charge >= 0.3 is 5.97 Å². The third kappa shape index (κ3) is 5.14. The van der Waals surface area contributed by atoms with Crippen molar-refractivity contribution in [2.45, 2.75) is 26.5 Å². The van der Waals surface area contributed by atoms with Crippen LogP contribution in [0.4, 0.5) is 0 Å². The van der Waals surface area contributed by atoms with E-state index in [1.807, 2.05) is 0 Å². The second kappa shape index (κ2) is 8.79. The molecule has 0 aliphatic carbocycles. The summed E-state index contributed by atoms with van der Waals surface area (Å²) in [5.41, 5.74) is 1.84. The summed E-state index contributed by atoms with van der Waals surface area (Å²) in [6, 6.07) is 12.5. The summed E-state index contributed by atoms with van der Waals surface area (Å²) < 4.78 is 10.7. The van der Waals surface area contributed by atoms with Crippen molar-refractivity contribution in [3.63, 3.8) is 0 Å². The van der Waals surface area contributed by atoms with Crippen LogP contribution in [0.1, 0.15) is 50.7 Å². The molecule has 29 heavy (non-hydrogen) atoms.